The van der Waals surface area contributed by atoms with Crippen molar-refractivity contribution < 1.29 is 4.79 Å². The molecule has 2 aromatic rings. The van der Waals surface area contributed by atoms with Crippen LogP contribution in [0, 0.1) is 5.92 Å². The summed E-state index contributed by atoms with van der Waals surface area (Å²) in [5.74, 6) is -0.0467. The third-order valence-electron chi connectivity index (χ3n) is 5.76. The normalized spacial score (nSPS) is 28.7. The molecule has 0 aromatic heterocycles. The summed E-state index contributed by atoms with van der Waals surface area (Å²) in [5, 5.41) is 0. The molecule has 0 radical (unpaired) electrons. The molecule has 4 heteroatoms. The van der Waals surface area contributed by atoms with Crippen molar-refractivity contribution >= 4 is 34.8 Å². The van der Waals surface area contributed by atoms with Crippen molar-refractivity contribution in [3.8, 4) is 0 Å². The molecule has 1 aliphatic heterocycles. The third-order valence-corrected chi connectivity index (χ3v) is 6.98. The summed E-state index contributed by atoms with van der Waals surface area (Å²) in [6.45, 7) is 6.21. The highest BCUT2D eigenvalue weighted by molar-refractivity contribution is 6.53. The lowest BCUT2D eigenvalue weighted by atomic mass is 9.79. The molecule has 2 atom stereocenters. The molecule has 1 aliphatic carbocycles. The van der Waals surface area contributed by atoms with Crippen LogP contribution in [0.25, 0.3) is 0 Å². The predicted octanol–water partition coefficient (Wildman–Crippen LogP) is 5.19. The van der Waals surface area contributed by atoms with Gasteiger partial charge in [0.05, 0.1) is 0 Å². The van der Waals surface area contributed by atoms with E-state index in [4.69, 9.17) is 23.2 Å². The molecular formula is C20H19Cl2NO. The van der Waals surface area contributed by atoms with Gasteiger partial charge in [0.1, 0.15) is 4.33 Å². The highest BCUT2D eigenvalue weighted by atomic mass is 35.5. The number of anilines is 1. The maximum absolute atomic E-state index is 13.3. The van der Waals surface area contributed by atoms with Crippen LogP contribution in [0.4, 0.5) is 5.69 Å². The Morgan fingerprint density at radius 3 is 2.21 bits per heavy atom. The van der Waals surface area contributed by atoms with Crippen molar-refractivity contribution in [2.75, 3.05) is 4.90 Å². The van der Waals surface area contributed by atoms with Crippen molar-refractivity contribution in [2.45, 2.75) is 36.1 Å². The molecule has 1 saturated carbocycles. The molecule has 124 valence electrons. The molecule has 2 nitrogen and oxygen atoms in total. The number of carbonyl (C=O) groups excluding carboxylic acids is 1. The molecule has 0 saturated heterocycles. The van der Waals surface area contributed by atoms with Crippen LogP contribution in [0.15, 0.2) is 54.6 Å². The van der Waals surface area contributed by atoms with E-state index < -0.39 is 9.87 Å². The van der Waals surface area contributed by atoms with E-state index in [1.807, 2.05) is 59.5 Å². The summed E-state index contributed by atoms with van der Waals surface area (Å²) < 4.78 is -0.877. The number of benzene rings is 2. The first-order valence-electron chi connectivity index (χ1n) is 8.11. The van der Waals surface area contributed by atoms with Crippen LogP contribution < -0.4 is 4.90 Å². The smallest absolute Gasteiger partial charge is 0.258 e. The van der Waals surface area contributed by atoms with E-state index in [0.717, 1.165) is 11.3 Å². The number of rotatable bonds is 1. The predicted molar refractivity (Wildman–Crippen MR) is 99.1 cm³/mol. The van der Waals surface area contributed by atoms with Crippen LogP contribution in [0.3, 0.4) is 0 Å². The third kappa shape index (κ3) is 1.76. The topological polar surface area (TPSA) is 20.3 Å². The molecule has 0 bridgehead atoms. The van der Waals surface area contributed by atoms with Gasteiger partial charge in [-0.25, -0.2) is 0 Å². The second-order valence-corrected chi connectivity index (χ2v) is 8.82. The van der Waals surface area contributed by atoms with Crippen LogP contribution in [0.1, 0.15) is 36.7 Å². The number of fused-ring (bicyclic) bond motifs is 3. The monoisotopic (exact) mass is 359 g/mol. The van der Waals surface area contributed by atoms with E-state index in [-0.39, 0.29) is 17.2 Å². The summed E-state index contributed by atoms with van der Waals surface area (Å²) in [6, 6.07) is 17.3. The molecule has 1 amide bonds. The van der Waals surface area contributed by atoms with Crippen LogP contribution in [-0.2, 0) is 5.41 Å². The summed E-state index contributed by atoms with van der Waals surface area (Å²) in [4.78, 5) is 15.2. The van der Waals surface area contributed by atoms with Gasteiger partial charge in [-0.3, -0.25) is 4.79 Å². The minimum Gasteiger partial charge on any atom is -0.302 e. The zero-order chi connectivity index (χ0) is 17.3. The van der Waals surface area contributed by atoms with Crippen molar-refractivity contribution in [2.24, 2.45) is 5.92 Å². The molecule has 1 heterocycles. The number of nitrogens with zero attached hydrogens (tertiary/aromatic N) is 1. The van der Waals surface area contributed by atoms with Gasteiger partial charge < -0.3 is 4.90 Å². The van der Waals surface area contributed by atoms with Crippen molar-refractivity contribution in [3.05, 3.63) is 65.7 Å². The SMILES string of the molecule is CC1(C)[C@H]2C(Cl)(Cl)[C@@]2(C)c2ccccc2N1C(=O)c1ccccc1. The van der Waals surface area contributed by atoms with Crippen LogP contribution >= 0.6 is 23.2 Å². The Balaban J connectivity index is 1.93. The first kappa shape index (κ1) is 16.0. The lowest BCUT2D eigenvalue weighted by molar-refractivity contribution is 0.0950. The van der Waals surface area contributed by atoms with Gasteiger partial charge in [-0.15, -0.1) is 23.2 Å². The molecule has 0 N–H and O–H groups in total. The van der Waals surface area contributed by atoms with Gasteiger partial charge in [0.15, 0.2) is 0 Å². The highest BCUT2D eigenvalue weighted by Crippen LogP contribution is 2.76. The Morgan fingerprint density at radius 1 is 0.958 bits per heavy atom. The molecule has 0 unspecified atom stereocenters. The number of alkyl halides is 2. The molecule has 4 rings (SSSR count). The number of hydrogen-bond acceptors (Lipinski definition) is 1. The Morgan fingerprint density at radius 2 is 1.54 bits per heavy atom. The molecule has 2 aliphatic rings. The van der Waals surface area contributed by atoms with E-state index in [1.165, 1.54) is 0 Å². The fourth-order valence-electron chi connectivity index (χ4n) is 4.64. The Kier molecular flexibility index (Phi) is 3.18. The average Bonchev–Trinajstić information content (AvgIpc) is 3.03. The number of para-hydroxylation sites is 1. The summed E-state index contributed by atoms with van der Waals surface area (Å²) >= 11 is 13.4. The number of carbonyl (C=O) groups is 1. The molecular weight excluding hydrogens is 341 g/mol. The Hall–Kier alpha value is -1.51. The van der Waals surface area contributed by atoms with Crippen molar-refractivity contribution in [3.63, 3.8) is 0 Å². The quantitative estimate of drug-likeness (QED) is 0.641. The van der Waals surface area contributed by atoms with E-state index >= 15 is 0 Å². The number of halogens is 2. The second kappa shape index (κ2) is 4.77. The second-order valence-electron chi connectivity index (χ2n) is 7.44. The highest BCUT2D eigenvalue weighted by Gasteiger charge is 2.81. The van der Waals surface area contributed by atoms with E-state index in [2.05, 4.69) is 20.8 Å². The van der Waals surface area contributed by atoms with Gasteiger partial charge in [0, 0.05) is 28.1 Å². The van der Waals surface area contributed by atoms with Crippen LogP contribution in [0.5, 0.6) is 0 Å². The summed E-state index contributed by atoms with van der Waals surface area (Å²) in [6.07, 6.45) is 0. The van der Waals surface area contributed by atoms with Gasteiger partial charge in [-0.2, -0.15) is 0 Å². The summed E-state index contributed by atoms with van der Waals surface area (Å²) in [5.41, 5.74) is 1.78. The standard InChI is InChI=1S/C20H19Cl2NO/c1-18(2)17-19(3,20(17,21)22)14-11-7-8-12-15(14)23(18)16(24)13-9-5-4-6-10-13/h4-12,17H,1-3H3/t17-,19+/m1/s1. The number of hydrogen-bond donors (Lipinski definition) is 0. The van der Waals surface area contributed by atoms with E-state index in [1.54, 1.807) is 0 Å². The maximum Gasteiger partial charge on any atom is 0.258 e. The fraction of sp³-hybridized carbons (Fsp3) is 0.350. The van der Waals surface area contributed by atoms with Crippen molar-refractivity contribution in [1.29, 1.82) is 0 Å². The maximum atomic E-state index is 13.3. The minimum atomic E-state index is -0.877. The molecule has 2 aromatic carbocycles. The van der Waals surface area contributed by atoms with Crippen LogP contribution in [0.2, 0.25) is 0 Å². The van der Waals surface area contributed by atoms with Gasteiger partial charge >= 0.3 is 0 Å². The average molecular weight is 360 g/mol. The van der Waals surface area contributed by atoms with Gasteiger partial charge in [-0.1, -0.05) is 43.3 Å². The first-order valence-corrected chi connectivity index (χ1v) is 8.86. The van der Waals surface area contributed by atoms with E-state index in [0.29, 0.717) is 5.56 Å². The zero-order valence-corrected chi connectivity index (χ0v) is 15.4. The Labute approximate surface area is 152 Å². The summed E-state index contributed by atoms with van der Waals surface area (Å²) in [7, 11) is 0. The zero-order valence-electron chi connectivity index (χ0n) is 13.9. The minimum absolute atomic E-state index is 0.0221. The van der Waals surface area contributed by atoms with Gasteiger partial charge in [0.2, 0.25) is 0 Å². The largest absolute Gasteiger partial charge is 0.302 e. The Bertz CT molecular complexity index is 831. The van der Waals surface area contributed by atoms with Gasteiger partial charge in [0.25, 0.3) is 5.91 Å². The molecule has 1 fully saturated rings. The van der Waals surface area contributed by atoms with Gasteiger partial charge in [-0.05, 0) is 37.6 Å². The lowest BCUT2D eigenvalue weighted by Crippen LogP contribution is -2.54. The van der Waals surface area contributed by atoms with E-state index in [9.17, 15) is 4.79 Å². The first-order chi connectivity index (χ1) is 11.2. The fourth-order valence-corrected chi connectivity index (χ4v) is 5.93. The molecule has 0 spiro atoms. The lowest BCUT2D eigenvalue weighted by Gasteiger charge is -2.45. The number of amides is 1. The molecule has 24 heavy (non-hydrogen) atoms. The van der Waals surface area contributed by atoms with Crippen molar-refractivity contribution in [1.82, 2.24) is 0 Å². The van der Waals surface area contributed by atoms with Crippen LogP contribution in [-0.4, -0.2) is 15.8 Å².